The lowest BCUT2D eigenvalue weighted by Gasteiger charge is -2.15. The summed E-state index contributed by atoms with van der Waals surface area (Å²) in [4.78, 5) is 12.2. The van der Waals surface area contributed by atoms with Crippen LogP contribution in [0.15, 0.2) is 47.4 Å². The molecule has 2 rings (SSSR count). The summed E-state index contributed by atoms with van der Waals surface area (Å²) >= 11 is 4.94. The zero-order chi connectivity index (χ0) is 25.1. The van der Waals surface area contributed by atoms with Crippen LogP contribution in [0, 0.1) is 13.8 Å². The van der Waals surface area contributed by atoms with Crippen molar-refractivity contribution >= 4 is 39.3 Å². The van der Waals surface area contributed by atoms with Crippen molar-refractivity contribution in [1.29, 1.82) is 0 Å². The van der Waals surface area contributed by atoms with E-state index >= 15 is 0 Å². The number of aryl methyl sites for hydroxylation is 2. The standard InChI is InChI=1S/C24H31N3O5S2/c1-17-5-7-20(18(2)15-17)8-10-23(28)26-12-11-19-6-9-21(32-14-13-31-4)22(16-19)34(29,30)27-24(33)25-3/h5-10,15-16H,11-14H2,1-4H3,(H,26,28)(H2,25,27,33). The molecule has 10 heteroatoms. The van der Waals surface area contributed by atoms with E-state index in [-0.39, 0.29) is 28.3 Å². The van der Waals surface area contributed by atoms with Crippen molar-refractivity contribution in [2.75, 3.05) is 33.9 Å². The fourth-order valence-corrected chi connectivity index (χ4v) is 4.55. The maximum atomic E-state index is 12.8. The number of thiocarbonyl (C=S) groups is 1. The lowest BCUT2D eigenvalue weighted by molar-refractivity contribution is -0.116. The van der Waals surface area contributed by atoms with Gasteiger partial charge in [0.15, 0.2) is 5.11 Å². The van der Waals surface area contributed by atoms with Gasteiger partial charge in [0.2, 0.25) is 5.91 Å². The predicted molar refractivity (Wildman–Crippen MR) is 137 cm³/mol. The molecule has 0 unspecified atom stereocenters. The van der Waals surface area contributed by atoms with Crippen molar-refractivity contribution in [2.24, 2.45) is 0 Å². The molecule has 0 saturated carbocycles. The van der Waals surface area contributed by atoms with Gasteiger partial charge in [-0.2, -0.15) is 0 Å². The van der Waals surface area contributed by atoms with Crippen LogP contribution in [-0.4, -0.2) is 53.4 Å². The summed E-state index contributed by atoms with van der Waals surface area (Å²) in [5.74, 6) is -0.0407. The van der Waals surface area contributed by atoms with E-state index in [0.29, 0.717) is 25.1 Å². The average Bonchev–Trinajstić information content (AvgIpc) is 2.79. The molecule has 0 spiro atoms. The van der Waals surface area contributed by atoms with Gasteiger partial charge in [-0.25, -0.2) is 8.42 Å². The fourth-order valence-electron chi connectivity index (χ4n) is 3.07. The van der Waals surface area contributed by atoms with Crippen LogP contribution in [-0.2, 0) is 26.0 Å². The van der Waals surface area contributed by atoms with Crippen molar-refractivity contribution in [3.63, 3.8) is 0 Å². The van der Waals surface area contributed by atoms with Crippen LogP contribution >= 0.6 is 12.2 Å². The molecule has 0 bridgehead atoms. The first-order valence-corrected chi connectivity index (χ1v) is 12.6. The van der Waals surface area contributed by atoms with Crippen LogP contribution < -0.4 is 20.1 Å². The van der Waals surface area contributed by atoms with Gasteiger partial charge < -0.3 is 20.1 Å². The number of sulfonamides is 1. The van der Waals surface area contributed by atoms with Gasteiger partial charge in [-0.1, -0.05) is 29.8 Å². The smallest absolute Gasteiger partial charge is 0.267 e. The SMILES string of the molecule is CNC(=S)NS(=O)(=O)c1cc(CCNC(=O)C=Cc2ccc(C)cc2C)ccc1OCCOC. The minimum absolute atomic E-state index is 0.0314. The Kier molecular flexibility index (Phi) is 10.5. The van der Waals surface area contributed by atoms with E-state index in [1.807, 2.05) is 26.0 Å². The largest absolute Gasteiger partial charge is 0.490 e. The summed E-state index contributed by atoms with van der Waals surface area (Å²) < 4.78 is 38.5. The molecule has 2 aromatic rings. The first-order chi connectivity index (χ1) is 16.2. The van der Waals surface area contributed by atoms with E-state index in [1.165, 1.54) is 31.9 Å². The lowest BCUT2D eigenvalue weighted by Crippen LogP contribution is -2.37. The molecule has 0 aliphatic carbocycles. The van der Waals surface area contributed by atoms with E-state index in [0.717, 1.165) is 11.1 Å². The first-order valence-electron chi connectivity index (χ1n) is 10.7. The Morgan fingerprint density at radius 2 is 1.88 bits per heavy atom. The van der Waals surface area contributed by atoms with E-state index in [1.54, 1.807) is 18.2 Å². The lowest BCUT2D eigenvalue weighted by atomic mass is 10.1. The molecule has 0 atom stereocenters. The summed E-state index contributed by atoms with van der Waals surface area (Å²) in [5.41, 5.74) is 3.95. The third-order valence-corrected chi connectivity index (χ3v) is 6.66. The van der Waals surface area contributed by atoms with E-state index in [2.05, 4.69) is 21.4 Å². The number of rotatable bonds is 11. The normalized spacial score (nSPS) is 11.3. The van der Waals surface area contributed by atoms with Gasteiger partial charge in [0.1, 0.15) is 17.3 Å². The van der Waals surface area contributed by atoms with Gasteiger partial charge >= 0.3 is 0 Å². The third kappa shape index (κ3) is 8.44. The van der Waals surface area contributed by atoms with E-state index in [9.17, 15) is 13.2 Å². The Morgan fingerprint density at radius 3 is 2.56 bits per heavy atom. The second-order valence-electron chi connectivity index (χ2n) is 7.54. The van der Waals surface area contributed by atoms with Crippen molar-refractivity contribution in [1.82, 2.24) is 15.4 Å². The third-order valence-electron chi connectivity index (χ3n) is 4.85. The number of carbonyl (C=O) groups excluding carboxylic acids is 1. The highest BCUT2D eigenvalue weighted by Crippen LogP contribution is 2.25. The number of amides is 1. The zero-order valence-electron chi connectivity index (χ0n) is 19.8. The molecule has 0 fully saturated rings. The molecular weight excluding hydrogens is 474 g/mol. The molecule has 8 nitrogen and oxygen atoms in total. The predicted octanol–water partition coefficient (Wildman–Crippen LogP) is 2.48. The number of carbonyl (C=O) groups is 1. The molecule has 184 valence electrons. The second-order valence-corrected chi connectivity index (χ2v) is 9.60. The fraction of sp³-hybridized carbons (Fsp3) is 0.333. The highest BCUT2D eigenvalue weighted by molar-refractivity contribution is 7.92. The van der Waals surface area contributed by atoms with Crippen LogP contribution in [0.3, 0.4) is 0 Å². The number of nitrogens with one attached hydrogen (secondary N) is 3. The summed E-state index contributed by atoms with van der Waals surface area (Å²) in [7, 11) is -0.915. The Balaban J connectivity index is 2.07. The minimum Gasteiger partial charge on any atom is -0.490 e. The van der Waals surface area contributed by atoms with E-state index < -0.39 is 10.0 Å². The highest BCUT2D eigenvalue weighted by atomic mass is 32.2. The molecule has 0 aromatic heterocycles. The number of methoxy groups -OCH3 is 1. The molecular formula is C24H31N3O5S2. The number of benzene rings is 2. The van der Waals surface area contributed by atoms with E-state index in [4.69, 9.17) is 21.7 Å². The monoisotopic (exact) mass is 505 g/mol. The maximum Gasteiger partial charge on any atom is 0.267 e. The Labute approximate surface area is 206 Å². The van der Waals surface area contributed by atoms with Crippen molar-refractivity contribution in [3.05, 3.63) is 64.7 Å². The van der Waals surface area contributed by atoms with Gasteiger partial charge in [0, 0.05) is 26.8 Å². The van der Waals surface area contributed by atoms with Crippen LogP contribution in [0.4, 0.5) is 0 Å². The molecule has 0 aliphatic rings. The van der Waals surface area contributed by atoms with Crippen LogP contribution in [0.2, 0.25) is 0 Å². The van der Waals surface area contributed by atoms with Crippen molar-refractivity contribution in [3.8, 4) is 5.75 Å². The zero-order valence-corrected chi connectivity index (χ0v) is 21.4. The van der Waals surface area contributed by atoms with Crippen LogP contribution in [0.5, 0.6) is 5.75 Å². The van der Waals surface area contributed by atoms with Crippen LogP contribution in [0.25, 0.3) is 6.08 Å². The number of ether oxygens (including phenoxy) is 2. The van der Waals surface area contributed by atoms with Gasteiger partial charge in [0.05, 0.1) is 6.61 Å². The summed E-state index contributed by atoms with van der Waals surface area (Å²) in [6, 6.07) is 10.9. The highest BCUT2D eigenvalue weighted by Gasteiger charge is 2.21. The molecule has 2 aromatic carbocycles. The minimum atomic E-state index is -3.97. The molecule has 3 N–H and O–H groups in total. The molecule has 0 aliphatic heterocycles. The molecule has 0 saturated heterocycles. The quantitative estimate of drug-likeness (QED) is 0.245. The second kappa shape index (κ2) is 13.1. The van der Waals surface area contributed by atoms with Gasteiger partial charge in [-0.15, -0.1) is 0 Å². The Morgan fingerprint density at radius 1 is 1.12 bits per heavy atom. The van der Waals surface area contributed by atoms with Crippen molar-refractivity contribution in [2.45, 2.75) is 25.2 Å². The Bertz CT molecular complexity index is 1150. The molecule has 0 radical (unpaired) electrons. The molecule has 0 heterocycles. The topological polar surface area (TPSA) is 106 Å². The summed E-state index contributed by atoms with van der Waals surface area (Å²) in [6.45, 7) is 4.86. The average molecular weight is 506 g/mol. The maximum absolute atomic E-state index is 12.8. The molecule has 34 heavy (non-hydrogen) atoms. The van der Waals surface area contributed by atoms with Gasteiger partial charge in [0.25, 0.3) is 10.0 Å². The van der Waals surface area contributed by atoms with Gasteiger partial charge in [-0.05, 0) is 67.4 Å². The van der Waals surface area contributed by atoms with Crippen LogP contribution in [0.1, 0.15) is 22.3 Å². The van der Waals surface area contributed by atoms with Crippen molar-refractivity contribution < 1.29 is 22.7 Å². The number of hydrogen-bond acceptors (Lipinski definition) is 6. The summed E-state index contributed by atoms with van der Waals surface area (Å²) in [6.07, 6.45) is 3.70. The van der Waals surface area contributed by atoms with Gasteiger partial charge in [-0.3, -0.25) is 9.52 Å². The first kappa shape index (κ1) is 27.3. The molecule has 1 amide bonds. The Hall–Kier alpha value is -2.95. The number of hydrogen-bond donors (Lipinski definition) is 3. The summed E-state index contributed by atoms with van der Waals surface area (Å²) in [5, 5.41) is 5.37.